The maximum absolute atomic E-state index is 13.3. The summed E-state index contributed by atoms with van der Waals surface area (Å²) in [5.74, 6) is -0.633. The van der Waals surface area contributed by atoms with Crippen LogP contribution in [0.1, 0.15) is 17.0 Å². The summed E-state index contributed by atoms with van der Waals surface area (Å²) in [5.41, 5.74) is -4.58. The van der Waals surface area contributed by atoms with E-state index in [4.69, 9.17) is 0 Å². The minimum absolute atomic E-state index is 0.155. The van der Waals surface area contributed by atoms with Crippen LogP contribution in [0, 0.1) is 17.0 Å². The highest BCUT2D eigenvalue weighted by molar-refractivity contribution is 5.40. The Labute approximate surface area is 122 Å². The molecule has 0 spiro atoms. The second kappa shape index (κ2) is 5.41. The highest BCUT2D eigenvalue weighted by atomic mass is 19.4. The van der Waals surface area contributed by atoms with E-state index in [1.165, 1.54) is 25.1 Å². The van der Waals surface area contributed by atoms with Crippen molar-refractivity contribution in [3.63, 3.8) is 0 Å². The topological polar surface area (TPSA) is 89.4 Å². The monoisotopic (exact) mass is 316 g/mol. The van der Waals surface area contributed by atoms with Crippen LogP contribution >= 0.6 is 0 Å². The predicted octanol–water partition coefficient (Wildman–Crippen LogP) is 2.88. The van der Waals surface area contributed by atoms with Gasteiger partial charge in [-0.15, -0.1) is 0 Å². The van der Waals surface area contributed by atoms with E-state index < -0.39 is 40.1 Å². The van der Waals surface area contributed by atoms with E-state index in [0.29, 0.717) is 0 Å². The Morgan fingerprint density at radius 3 is 2.41 bits per heavy atom. The van der Waals surface area contributed by atoms with Gasteiger partial charge in [-0.2, -0.15) is 13.2 Å². The number of alkyl halides is 3. The number of hydrogen-bond acceptors (Lipinski definition) is 5. The van der Waals surface area contributed by atoms with Crippen molar-refractivity contribution in [1.29, 1.82) is 0 Å². The zero-order valence-corrected chi connectivity index (χ0v) is 11.3. The number of aryl methyl sites for hydroxylation is 1. The molecule has 1 unspecified atom stereocenters. The van der Waals surface area contributed by atoms with Crippen molar-refractivity contribution in [2.45, 2.75) is 25.1 Å². The average molecular weight is 316 g/mol. The number of hydrogen-bond donors (Lipinski definition) is 1. The summed E-state index contributed by atoms with van der Waals surface area (Å²) >= 11 is 0. The maximum Gasteiger partial charge on any atom is 0.421 e. The first-order valence-electron chi connectivity index (χ1n) is 6.11. The fraction of sp³-hybridized carbons (Fsp3) is 0.308. The van der Waals surface area contributed by atoms with Crippen LogP contribution in [0.25, 0.3) is 0 Å². The van der Waals surface area contributed by atoms with Gasteiger partial charge < -0.3 is 9.63 Å². The van der Waals surface area contributed by atoms with Crippen LogP contribution in [-0.4, -0.2) is 21.4 Å². The summed E-state index contributed by atoms with van der Waals surface area (Å²) < 4.78 is 44.6. The lowest BCUT2D eigenvalue weighted by atomic mass is 9.88. The van der Waals surface area contributed by atoms with E-state index in [1.54, 1.807) is 0 Å². The second-order valence-electron chi connectivity index (χ2n) is 4.70. The lowest BCUT2D eigenvalue weighted by molar-refractivity contribution is -0.387. The number of aliphatic hydroxyl groups is 1. The number of nitrogens with zero attached hydrogens (tertiary/aromatic N) is 2. The predicted molar refractivity (Wildman–Crippen MR) is 68.0 cm³/mol. The molecule has 0 radical (unpaired) electrons. The molecule has 6 nitrogen and oxygen atoms in total. The molecule has 0 amide bonds. The summed E-state index contributed by atoms with van der Waals surface area (Å²) in [5, 5.41) is 24.4. The van der Waals surface area contributed by atoms with Gasteiger partial charge in [-0.25, -0.2) is 0 Å². The summed E-state index contributed by atoms with van der Waals surface area (Å²) in [6.45, 7) is 1.24. The first-order valence-corrected chi connectivity index (χ1v) is 6.11. The van der Waals surface area contributed by atoms with Gasteiger partial charge in [0.1, 0.15) is 0 Å². The smallest absolute Gasteiger partial charge is 0.376 e. The van der Waals surface area contributed by atoms with Gasteiger partial charge in [0, 0.05) is 0 Å². The van der Waals surface area contributed by atoms with Gasteiger partial charge in [0.25, 0.3) is 0 Å². The van der Waals surface area contributed by atoms with E-state index in [9.17, 15) is 28.4 Å². The van der Waals surface area contributed by atoms with Crippen LogP contribution in [0.15, 0.2) is 34.9 Å². The number of rotatable bonds is 4. The molecule has 1 aromatic carbocycles. The number of aromatic nitrogens is 1. The van der Waals surface area contributed by atoms with Crippen molar-refractivity contribution in [3.05, 3.63) is 57.5 Å². The molecule has 1 heterocycles. The van der Waals surface area contributed by atoms with Gasteiger partial charge in [0.05, 0.1) is 11.3 Å². The lowest BCUT2D eigenvalue weighted by Gasteiger charge is -2.29. The summed E-state index contributed by atoms with van der Waals surface area (Å²) in [4.78, 5) is 10.0. The SMILES string of the molecule is Cc1noc(CC(O)(c2ccccc2)C(F)(F)F)c1[N+](=O)[O-]. The molecule has 2 aromatic rings. The van der Waals surface area contributed by atoms with Gasteiger partial charge in [-0.1, -0.05) is 35.5 Å². The summed E-state index contributed by atoms with van der Waals surface area (Å²) in [6, 6.07) is 6.31. The normalized spacial score (nSPS) is 14.6. The second-order valence-corrected chi connectivity index (χ2v) is 4.70. The fourth-order valence-electron chi connectivity index (χ4n) is 2.07. The Morgan fingerprint density at radius 1 is 1.32 bits per heavy atom. The largest absolute Gasteiger partial charge is 0.421 e. The molecule has 0 saturated carbocycles. The third-order valence-corrected chi connectivity index (χ3v) is 3.22. The fourth-order valence-corrected chi connectivity index (χ4v) is 2.07. The van der Waals surface area contributed by atoms with E-state index in [1.807, 2.05) is 0 Å². The zero-order valence-electron chi connectivity index (χ0n) is 11.3. The van der Waals surface area contributed by atoms with Crippen molar-refractivity contribution in [1.82, 2.24) is 5.16 Å². The van der Waals surface area contributed by atoms with Crippen molar-refractivity contribution in [2.75, 3.05) is 0 Å². The van der Waals surface area contributed by atoms with Gasteiger partial charge >= 0.3 is 11.9 Å². The minimum Gasteiger partial charge on any atom is -0.376 e. The summed E-state index contributed by atoms with van der Waals surface area (Å²) in [7, 11) is 0. The average Bonchev–Trinajstić information content (AvgIpc) is 2.79. The van der Waals surface area contributed by atoms with Crippen LogP contribution in [0.5, 0.6) is 0 Å². The molecular formula is C13H11F3N2O4. The Kier molecular flexibility index (Phi) is 3.92. The van der Waals surface area contributed by atoms with Crippen LogP contribution < -0.4 is 0 Å². The van der Waals surface area contributed by atoms with E-state index in [2.05, 4.69) is 9.68 Å². The van der Waals surface area contributed by atoms with Crippen molar-refractivity contribution < 1.29 is 27.7 Å². The molecule has 0 aliphatic carbocycles. The van der Waals surface area contributed by atoms with E-state index in [0.717, 1.165) is 12.1 Å². The molecule has 22 heavy (non-hydrogen) atoms. The van der Waals surface area contributed by atoms with Crippen molar-refractivity contribution in [3.8, 4) is 0 Å². The molecular weight excluding hydrogens is 305 g/mol. The summed E-state index contributed by atoms with van der Waals surface area (Å²) in [6.07, 6.45) is -6.19. The van der Waals surface area contributed by atoms with Crippen molar-refractivity contribution in [2.24, 2.45) is 0 Å². The molecule has 0 aliphatic rings. The molecule has 0 bridgehead atoms. The first-order chi connectivity index (χ1) is 10.2. The Balaban J connectivity index is 2.52. The Hall–Kier alpha value is -2.42. The molecule has 9 heteroatoms. The Morgan fingerprint density at radius 2 is 1.91 bits per heavy atom. The van der Waals surface area contributed by atoms with Crippen LogP contribution in [0.3, 0.4) is 0 Å². The molecule has 1 atom stereocenters. The van der Waals surface area contributed by atoms with E-state index >= 15 is 0 Å². The van der Waals surface area contributed by atoms with Gasteiger partial charge in [-0.05, 0) is 12.5 Å². The van der Waals surface area contributed by atoms with Crippen LogP contribution in [-0.2, 0) is 12.0 Å². The molecule has 2 rings (SSSR count). The molecule has 118 valence electrons. The molecule has 0 saturated heterocycles. The first kappa shape index (κ1) is 16.0. The minimum atomic E-state index is -5.05. The van der Waals surface area contributed by atoms with Crippen LogP contribution in [0.2, 0.25) is 0 Å². The lowest BCUT2D eigenvalue weighted by Crippen LogP contribution is -2.44. The molecule has 1 aromatic heterocycles. The number of benzene rings is 1. The van der Waals surface area contributed by atoms with Gasteiger partial charge in [0.15, 0.2) is 11.3 Å². The Bertz CT molecular complexity index is 684. The standard InChI is InChI=1S/C13H11F3N2O4/c1-8-11(18(20)21)10(22-17-8)7-12(19,13(14,15)16)9-5-3-2-4-6-9/h2-6,19H,7H2,1H3. The molecule has 0 fully saturated rings. The highest BCUT2D eigenvalue weighted by Gasteiger charge is 2.56. The van der Waals surface area contributed by atoms with Crippen LogP contribution in [0.4, 0.5) is 18.9 Å². The van der Waals surface area contributed by atoms with E-state index in [-0.39, 0.29) is 5.69 Å². The van der Waals surface area contributed by atoms with Gasteiger partial charge in [0.2, 0.25) is 5.76 Å². The maximum atomic E-state index is 13.3. The molecule has 0 aliphatic heterocycles. The molecule has 1 N–H and O–H groups in total. The zero-order chi connectivity index (χ0) is 16.5. The van der Waals surface area contributed by atoms with Gasteiger partial charge in [-0.3, -0.25) is 10.1 Å². The quantitative estimate of drug-likeness (QED) is 0.692. The third kappa shape index (κ3) is 2.67. The third-order valence-electron chi connectivity index (χ3n) is 3.22. The highest BCUT2D eigenvalue weighted by Crippen LogP contribution is 2.43. The van der Waals surface area contributed by atoms with Crippen molar-refractivity contribution >= 4 is 5.69 Å². The number of halogens is 3. The number of nitro groups is 1.